The van der Waals surface area contributed by atoms with E-state index in [-0.39, 0.29) is 0 Å². The minimum atomic E-state index is -0.741. The molecule has 1 atom stereocenters. The first-order chi connectivity index (χ1) is 8.66. The summed E-state index contributed by atoms with van der Waals surface area (Å²) in [7, 11) is 0. The van der Waals surface area contributed by atoms with Crippen LogP contribution in [-0.4, -0.2) is 5.91 Å². The van der Waals surface area contributed by atoms with Crippen molar-refractivity contribution in [3.63, 3.8) is 0 Å². The van der Waals surface area contributed by atoms with Gasteiger partial charge in [-0.25, -0.2) is 0 Å². The predicted molar refractivity (Wildman–Crippen MR) is 69.5 cm³/mol. The average Bonchev–Trinajstić information content (AvgIpc) is 2.37. The van der Waals surface area contributed by atoms with Crippen LogP contribution in [0.5, 0.6) is 5.75 Å². The summed E-state index contributed by atoms with van der Waals surface area (Å²) < 4.78 is 5.64. The third-order valence-electron chi connectivity index (χ3n) is 2.98. The second kappa shape index (κ2) is 4.03. The van der Waals surface area contributed by atoms with Gasteiger partial charge in [0.15, 0.2) is 0 Å². The van der Waals surface area contributed by atoms with E-state index in [1.807, 2.05) is 30.3 Å². The van der Waals surface area contributed by atoms with Crippen LogP contribution in [0.15, 0.2) is 42.5 Å². The summed E-state index contributed by atoms with van der Waals surface area (Å²) >= 11 is 5.99. The highest BCUT2D eigenvalue weighted by Gasteiger charge is 2.29. The number of halogens is 1. The Kier molecular flexibility index (Phi) is 2.49. The quantitative estimate of drug-likeness (QED) is 0.856. The van der Waals surface area contributed by atoms with Gasteiger partial charge in [-0.3, -0.25) is 4.79 Å². The lowest BCUT2D eigenvalue weighted by atomic mass is 9.92. The van der Waals surface area contributed by atoms with Crippen molar-refractivity contribution >= 4 is 17.5 Å². The van der Waals surface area contributed by atoms with Gasteiger partial charge < -0.3 is 10.5 Å². The van der Waals surface area contributed by atoms with Crippen molar-refractivity contribution in [2.45, 2.75) is 6.10 Å². The van der Waals surface area contributed by atoms with Crippen LogP contribution in [0.4, 0.5) is 0 Å². The Bertz CT molecular complexity index is 639. The maximum atomic E-state index is 11.5. The molecule has 0 bridgehead atoms. The molecule has 2 N–H and O–H groups in total. The van der Waals surface area contributed by atoms with Gasteiger partial charge in [-0.1, -0.05) is 35.9 Å². The highest BCUT2D eigenvalue weighted by Crippen LogP contribution is 2.43. The monoisotopic (exact) mass is 259 g/mol. The molecule has 0 saturated carbocycles. The maximum Gasteiger partial charge on any atom is 0.263 e. The van der Waals surface area contributed by atoms with Crippen molar-refractivity contribution in [3.05, 3.63) is 53.1 Å². The molecule has 1 aliphatic rings. The zero-order chi connectivity index (χ0) is 12.7. The molecule has 2 aromatic rings. The van der Waals surface area contributed by atoms with Crippen LogP contribution in [0.25, 0.3) is 11.1 Å². The van der Waals surface area contributed by atoms with Gasteiger partial charge in [0.2, 0.25) is 6.10 Å². The van der Waals surface area contributed by atoms with Gasteiger partial charge in [-0.15, -0.1) is 0 Å². The fourth-order valence-electron chi connectivity index (χ4n) is 2.19. The van der Waals surface area contributed by atoms with Crippen LogP contribution >= 0.6 is 11.6 Å². The first kappa shape index (κ1) is 11.1. The Hall–Kier alpha value is -2.00. The van der Waals surface area contributed by atoms with Crippen molar-refractivity contribution in [3.8, 4) is 16.9 Å². The molecule has 0 spiro atoms. The minimum Gasteiger partial charge on any atom is -0.475 e. The van der Waals surface area contributed by atoms with E-state index in [4.69, 9.17) is 22.1 Å². The highest BCUT2D eigenvalue weighted by atomic mass is 35.5. The molecule has 1 aliphatic heterocycles. The molecule has 0 aliphatic carbocycles. The topological polar surface area (TPSA) is 52.3 Å². The molecular weight excluding hydrogens is 250 g/mol. The first-order valence-electron chi connectivity index (χ1n) is 5.51. The van der Waals surface area contributed by atoms with Gasteiger partial charge in [0.25, 0.3) is 5.91 Å². The second-order valence-corrected chi connectivity index (χ2v) is 4.56. The number of nitrogens with two attached hydrogens (primary N) is 1. The molecule has 18 heavy (non-hydrogen) atoms. The summed E-state index contributed by atoms with van der Waals surface area (Å²) in [6.45, 7) is 0. The van der Waals surface area contributed by atoms with Crippen LogP contribution in [0.1, 0.15) is 11.7 Å². The van der Waals surface area contributed by atoms with Crippen molar-refractivity contribution in [2.75, 3.05) is 0 Å². The lowest BCUT2D eigenvalue weighted by Crippen LogP contribution is -2.28. The smallest absolute Gasteiger partial charge is 0.263 e. The van der Waals surface area contributed by atoms with Crippen molar-refractivity contribution < 1.29 is 9.53 Å². The lowest BCUT2D eigenvalue weighted by Gasteiger charge is -2.26. The molecule has 0 saturated heterocycles. The Morgan fingerprint density at radius 1 is 1.17 bits per heavy atom. The molecule has 1 amide bonds. The normalized spacial score (nSPS) is 16.4. The van der Waals surface area contributed by atoms with Gasteiger partial charge in [0.05, 0.1) is 0 Å². The molecule has 0 radical (unpaired) electrons. The number of carbonyl (C=O) groups is 1. The molecule has 2 aromatic carbocycles. The predicted octanol–water partition coefficient (Wildman–Crippen LogP) is 2.93. The van der Waals surface area contributed by atoms with Crippen LogP contribution < -0.4 is 10.5 Å². The number of primary amides is 1. The fourth-order valence-corrected chi connectivity index (χ4v) is 2.36. The molecule has 90 valence electrons. The number of hydrogen-bond acceptors (Lipinski definition) is 2. The molecule has 1 unspecified atom stereocenters. The molecule has 3 rings (SSSR count). The Labute approximate surface area is 109 Å². The van der Waals surface area contributed by atoms with E-state index in [0.29, 0.717) is 10.8 Å². The number of carbonyl (C=O) groups excluding carboxylic acids is 1. The maximum absolute atomic E-state index is 11.5. The zero-order valence-electron chi connectivity index (χ0n) is 9.39. The van der Waals surface area contributed by atoms with Crippen molar-refractivity contribution in [2.24, 2.45) is 5.73 Å². The van der Waals surface area contributed by atoms with Gasteiger partial charge in [0, 0.05) is 16.1 Å². The largest absolute Gasteiger partial charge is 0.475 e. The number of amides is 1. The Morgan fingerprint density at radius 2 is 1.94 bits per heavy atom. The first-order valence-corrected chi connectivity index (χ1v) is 5.89. The molecular formula is C14H10ClNO2. The van der Waals surface area contributed by atoms with E-state index in [1.165, 1.54) is 0 Å². The van der Waals surface area contributed by atoms with E-state index < -0.39 is 12.0 Å². The SMILES string of the molecule is NC(=O)C1Oc2ccc(Cl)cc2-c2ccccc21. The Balaban J connectivity index is 2.26. The van der Waals surface area contributed by atoms with Crippen LogP contribution in [0.2, 0.25) is 5.02 Å². The van der Waals surface area contributed by atoms with E-state index in [9.17, 15) is 4.79 Å². The standard InChI is InChI=1S/C14H10ClNO2/c15-8-5-6-12-11(7-8)9-3-1-2-4-10(9)13(18-12)14(16)17/h1-7,13H,(H2,16,17). The van der Waals surface area contributed by atoms with E-state index in [0.717, 1.165) is 16.7 Å². The summed E-state index contributed by atoms with van der Waals surface area (Å²) in [5, 5.41) is 0.629. The van der Waals surface area contributed by atoms with E-state index in [1.54, 1.807) is 12.1 Å². The van der Waals surface area contributed by atoms with Crippen LogP contribution in [-0.2, 0) is 4.79 Å². The molecule has 0 aromatic heterocycles. The van der Waals surface area contributed by atoms with E-state index in [2.05, 4.69) is 0 Å². The summed E-state index contributed by atoms with van der Waals surface area (Å²) in [6, 6.07) is 12.8. The van der Waals surface area contributed by atoms with Crippen molar-refractivity contribution in [1.29, 1.82) is 0 Å². The van der Waals surface area contributed by atoms with Gasteiger partial charge in [0.1, 0.15) is 5.75 Å². The van der Waals surface area contributed by atoms with Crippen LogP contribution in [0, 0.1) is 0 Å². The summed E-state index contributed by atoms with van der Waals surface area (Å²) in [6.07, 6.45) is -0.741. The zero-order valence-corrected chi connectivity index (χ0v) is 10.1. The number of benzene rings is 2. The Morgan fingerprint density at radius 3 is 2.72 bits per heavy atom. The number of rotatable bonds is 1. The molecule has 1 heterocycles. The van der Waals surface area contributed by atoms with Gasteiger partial charge in [-0.05, 0) is 23.8 Å². The third kappa shape index (κ3) is 1.64. The summed E-state index contributed by atoms with van der Waals surface area (Å²) in [4.78, 5) is 11.5. The van der Waals surface area contributed by atoms with Crippen molar-refractivity contribution in [1.82, 2.24) is 0 Å². The number of hydrogen-bond donors (Lipinski definition) is 1. The minimum absolute atomic E-state index is 0.497. The van der Waals surface area contributed by atoms with Gasteiger partial charge in [-0.2, -0.15) is 0 Å². The van der Waals surface area contributed by atoms with Gasteiger partial charge >= 0.3 is 0 Å². The van der Waals surface area contributed by atoms with E-state index >= 15 is 0 Å². The average molecular weight is 260 g/mol. The highest BCUT2D eigenvalue weighted by molar-refractivity contribution is 6.31. The lowest BCUT2D eigenvalue weighted by molar-refractivity contribution is -0.125. The molecule has 3 nitrogen and oxygen atoms in total. The fraction of sp³-hybridized carbons (Fsp3) is 0.0714. The summed E-state index contributed by atoms with van der Waals surface area (Å²) in [5.41, 5.74) is 7.98. The van der Waals surface area contributed by atoms with Crippen LogP contribution in [0.3, 0.4) is 0 Å². The second-order valence-electron chi connectivity index (χ2n) is 4.13. The number of fused-ring (bicyclic) bond motifs is 3. The summed E-state index contributed by atoms with van der Waals surface area (Å²) in [5.74, 6) is 0.130. The molecule has 4 heteroatoms. The number of ether oxygens (including phenoxy) is 1. The molecule has 0 fully saturated rings. The third-order valence-corrected chi connectivity index (χ3v) is 3.21.